The molecule has 1 aromatic carbocycles. The molecule has 0 saturated heterocycles. The van der Waals surface area contributed by atoms with Gasteiger partial charge in [-0.15, -0.1) is 0 Å². The van der Waals surface area contributed by atoms with Crippen LogP contribution in [0.25, 0.3) is 0 Å². The molecule has 60 valence electrons. The minimum atomic E-state index is -1.55. The molecular formula is C9H7NO2. The average Bonchev–Trinajstić information content (AvgIpc) is 2.17. The zero-order valence-corrected chi connectivity index (χ0v) is 6.27. The molecule has 1 unspecified atom stereocenters. The van der Waals surface area contributed by atoms with E-state index in [0.29, 0.717) is 5.56 Å². The Kier molecular flexibility index (Phi) is 2.57. The summed E-state index contributed by atoms with van der Waals surface area (Å²) >= 11 is 0. The summed E-state index contributed by atoms with van der Waals surface area (Å²) in [6.45, 7) is 0. The second-order valence-corrected chi connectivity index (χ2v) is 2.26. The van der Waals surface area contributed by atoms with Gasteiger partial charge in [0.15, 0.2) is 0 Å². The normalized spacial score (nSPS) is 11.7. The maximum Gasteiger partial charge on any atom is 0.205 e. The molecular weight excluding hydrogens is 154 g/mol. The SMILES string of the molecule is N#CC(O)C(=O)c1ccccc1. The summed E-state index contributed by atoms with van der Waals surface area (Å²) in [5.74, 6) is -0.557. The summed E-state index contributed by atoms with van der Waals surface area (Å²) in [7, 11) is 0. The summed E-state index contributed by atoms with van der Waals surface area (Å²) in [5, 5.41) is 17.1. The van der Waals surface area contributed by atoms with Crippen LogP contribution in [0.5, 0.6) is 0 Å². The Bertz CT molecular complexity index is 313. The van der Waals surface area contributed by atoms with Crippen molar-refractivity contribution in [2.45, 2.75) is 6.10 Å². The molecule has 0 aliphatic rings. The molecule has 0 heterocycles. The van der Waals surface area contributed by atoms with Crippen molar-refractivity contribution in [3.63, 3.8) is 0 Å². The lowest BCUT2D eigenvalue weighted by atomic mass is 10.1. The Balaban J connectivity index is 2.88. The number of aliphatic hydroxyl groups excluding tert-OH is 1. The first-order chi connectivity index (χ1) is 5.75. The first kappa shape index (κ1) is 8.44. The number of carbonyl (C=O) groups excluding carboxylic acids is 1. The van der Waals surface area contributed by atoms with Crippen molar-refractivity contribution in [2.24, 2.45) is 0 Å². The number of Topliss-reactive ketones (excluding diaryl/α,β-unsaturated/α-hetero) is 1. The topological polar surface area (TPSA) is 61.1 Å². The summed E-state index contributed by atoms with van der Waals surface area (Å²) in [6.07, 6.45) is -1.55. The molecule has 1 aromatic rings. The molecule has 3 heteroatoms. The van der Waals surface area contributed by atoms with E-state index in [1.165, 1.54) is 6.07 Å². The van der Waals surface area contributed by atoms with Gasteiger partial charge in [-0.05, 0) is 0 Å². The fourth-order valence-electron chi connectivity index (χ4n) is 0.819. The van der Waals surface area contributed by atoms with Crippen LogP contribution in [0.2, 0.25) is 0 Å². The van der Waals surface area contributed by atoms with E-state index in [0.717, 1.165) is 0 Å². The van der Waals surface area contributed by atoms with Gasteiger partial charge in [0.1, 0.15) is 6.07 Å². The third-order valence-corrected chi connectivity index (χ3v) is 1.43. The number of nitriles is 1. The molecule has 12 heavy (non-hydrogen) atoms. The van der Waals surface area contributed by atoms with Crippen molar-refractivity contribution in [1.29, 1.82) is 5.26 Å². The standard InChI is InChI=1S/C9H7NO2/c10-6-8(11)9(12)7-4-2-1-3-5-7/h1-5,8,11H. The van der Waals surface area contributed by atoms with Crippen molar-refractivity contribution in [1.82, 2.24) is 0 Å². The zero-order chi connectivity index (χ0) is 8.97. The summed E-state index contributed by atoms with van der Waals surface area (Å²) in [6, 6.07) is 9.70. The van der Waals surface area contributed by atoms with E-state index in [1.807, 2.05) is 0 Å². The summed E-state index contributed by atoms with van der Waals surface area (Å²) in [5.41, 5.74) is 0.353. The highest BCUT2D eigenvalue weighted by molar-refractivity contribution is 6.00. The maximum atomic E-state index is 11.1. The van der Waals surface area contributed by atoms with Crippen LogP contribution in [0.1, 0.15) is 10.4 Å². The Morgan fingerprint density at radius 3 is 2.50 bits per heavy atom. The smallest absolute Gasteiger partial charge is 0.205 e. The molecule has 0 bridgehead atoms. The number of hydrogen-bond donors (Lipinski definition) is 1. The molecule has 1 N–H and O–H groups in total. The lowest BCUT2D eigenvalue weighted by molar-refractivity contribution is 0.0830. The van der Waals surface area contributed by atoms with Crippen molar-refractivity contribution < 1.29 is 9.90 Å². The van der Waals surface area contributed by atoms with E-state index in [1.54, 1.807) is 30.3 Å². The molecule has 0 saturated carbocycles. The van der Waals surface area contributed by atoms with Crippen molar-refractivity contribution in [2.75, 3.05) is 0 Å². The number of ketones is 1. The van der Waals surface area contributed by atoms with Gasteiger partial charge >= 0.3 is 0 Å². The molecule has 3 nitrogen and oxygen atoms in total. The van der Waals surface area contributed by atoms with E-state index in [2.05, 4.69) is 0 Å². The quantitative estimate of drug-likeness (QED) is 0.514. The van der Waals surface area contributed by atoms with Crippen LogP contribution in [-0.4, -0.2) is 17.0 Å². The third-order valence-electron chi connectivity index (χ3n) is 1.43. The predicted octanol–water partition coefficient (Wildman–Crippen LogP) is 0.754. The Labute approximate surface area is 69.9 Å². The van der Waals surface area contributed by atoms with Crippen LogP contribution < -0.4 is 0 Å². The van der Waals surface area contributed by atoms with Crippen LogP contribution in [0.4, 0.5) is 0 Å². The fraction of sp³-hybridized carbons (Fsp3) is 0.111. The highest BCUT2D eigenvalue weighted by Crippen LogP contribution is 2.02. The van der Waals surface area contributed by atoms with Crippen molar-refractivity contribution in [3.8, 4) is 6.07 Å². The summed E-state index contributed by atoms with van der Waals surface area (Å²) in [4.78, 5) is 11.1. The number of aliphatic hydroxyl groups is 1. The minimum Gasteiger partial charge on any atom is -0.371 e. The largest absolute Gasteiger partial charge is 0.371 e. The highest BCUT2D eigenvalue weighted by Gasteiger charge is 2.14. The maximum absolute atomic E-state index is 11.1. The lowest BCUT2D eigenvalue weighted by Gasteiger charge is -1.99. The Morgan fingerprint density at radius 1 is 1.42 bits per heavy atom. The molecule has 0 aromatic heterocycles. The van der Waals surface area contributed by atoms with Gasteiger partial charge in [0, 0.05) is 5.56 Å². The number of hydrogen-bond acceptors (Lipinski definition) is 3. The monoisotopic (exact) mass is 161 g/mol. The van der Waals surface area contributed by atoms with Gasteiger partial charge in [-0.25, -0.2) is 0 Å². The summed E-state index contributed by atoms with van der Waals surface area (Å²) < 4.78 is 0. The first-order valence-electron chi connectivity index (χ1n) is 3.42. The molecule has 0 fully saturated rings. The molecule has 0 amide bonds. The van der Waals surface area contributed by atoms with Crippen LogP contribution in [0.15, 0.2) is 30.3 Å². The molecule has 0 aliphatic heterocycles. The number of benzene rings is 1. The van der Waals surface area contributed by atoms with Gasteiger partial charge in [0.05, 0.1) is 0 Å². The van der Waals surface area contributed by atoms with E-state index in [9.17, 15) is 4.79 Å². The zero-order valence-electron chi connectivity index (χ0n) is 6.27. The van der Waals surface area contributed by atoms with E-state index < -0.39 is 11.9 Å². The highest BCUT2D eigenvalue weighted by atomic mass is 16.3. The number of carbonyl (C=O) groups is 1. The molecule has 0 radical (unpaired) electrons. The van der Waals surface area contributed by atoms with Crippen LogP contribution in [0.3, 0.4) is 0 Å². The first-order valence-corrected chi connectivity index (χ1v) is 3.42. The van der Waals surface area contributed by atoms with Crippen LogP contribution in [0, 0.1) is 11.3 Å². The number of rotatable bonds is 2. The van der Waals surface area contributed by atoms with Crippen molar-refractivity contribution >= 4 is 5.78 Å². The second-order valence-electron chi connectivity index (χ2n) is 2.26. The average molecular weight is 161 g/mol. The van der Waals surface area contributed by atoms with E-state index >= 15 is 0 Å². The van der Waals surface area contributed by atoms with Gasteiger partial charge in [0.25, 0.3) is 0 Å². The second kappa shape index (κ2) is 3.65. The van der Waals surface area contributed by atoms with Gasteiger partial charge in [-0.2, -0.15) is 5.26 Å². The van der Waals surface area contributed by atoms with Gasteiger partial charge in [-0.3, -0.25) is 4.79 Å². The van der Waals surface area contributed by atoms with Crippen LogP contribution in [-0.2, 0) is 0 Å². The molecule has 1 rings (SSSR count). The fourth-order valence-corrected chi connectivity index (χ4v) is 0.819. The van der Waals surface area contributed by atoms with Crippen LogP contribution >= 0.6 is 0 Å². The number of nitrogens with zero attached hydrogens (tertiary/aromatic N) is 1. The van der Waals surface area contributed by atoms with Crippen molar-refractivity contribution in [3.05, 3.63) is 35.9 Å². The van der Waals surface area contributed by atoms with Gasteiger partial charge in [0.2, 0.25) is 11.9 Å². The minimum absolute atomic E-state index is 0.353. The van der Waals surface area contributed by atoms with Gasteiger partial charge in [-0.1, -0.05) is 30.3 Å². The van der Waals surface area contributed by atoms with E-state index in [4.69, 9.17) is 10.4 Å². The predicted molar refractivity (Wildman–Crippen MR) is 42.4 cm³/mol. The molecule has 1 atom stereocenters. The van der Waals surface area contributed by atoms with Gasteiger partial charge < -0.3 is 5.11 Å². The lowest BCUT2D eigenvalue weighted by Crippen LogP contribution is -2.17. The third kappa shape index (κ3) is 1.68. The van der Waals surface area contributed by atoms with E-state index in [-0.39, 0.29) is 0 Å². The Hall–Kier alpha value is -1.66. The molecule has 0 aliphatic carbocycles. The molecule has 0 spiro atoms. The Morgan fingerprint density at radius 2 is 2.00 bits per heavy atom.